The summed E-state index contributed by atoms with van der Waals surface area (Å²) in [6, 6.07) is 15.0. The van der Waals surface area contributed by atoms with Crippen LogP contribution in [0.1, 0.15) is 19.4 Å². The van der Waals surface area contributed by atoms with E-state index >= 15 is 0 Å². The number of hydrogen-bond donors (Lipinski definition) is 1. The molecule has 0 aliphatic carbocycles. The van der Waals surface area contributed by atoms with Crippen LogP contribution in [0, 0.1) is 5.92 Å². The Morgan fingerprint density at radius 1 is 1.00 bits per heavy atom. The molecule has 0 unspecified atom stereocenters. The number of nitrogens with two attached hydrogens (primary N) is 1. The van der Waals surface area contributed by atoms with Gasteiger partial charge in [0.05, 0.1) is 4.90 Å². The van der Waals surface area contributed by atoms with Crippen molar-refractivity contribution in [3.63, 3.8) is 0 Å². The lowest BCUT2D eigenvalue weighted by atomic mass is 9.98. The van der Waals surface area contributed by atoms with Gasteiger partial charge in [0, 0.05) is 5.56 Å². The van der Waals surface area contributed by atoms with Crippen LogP contribution in [-0.4, -0.2) is 8.42 Å². The van der Waals surface area contributed by atoms with Gasteiger partial charge in [0.2, 0.25) is 10.0 Å². The van der Waals surface area contributed by atoms with E-state index < -0.39 is 10.0 Å². The molecule has 0 radical (unpaired) electrons. The molecule has 3 nitrogen and oxygen atoms in total. The van der Waals surface area contributed by atoms with Crippen molar-refractivity contribution in [1.82, 2.24) is 0 Å². The summed E-state index contributed by atoms with van der Waals surface area (Å²) >= 11 is 0. The summed E-state index contributed by atoms with van der Waals surface area (Å²) in [5.74, 6) is 0.363. The van der Waals surface area contributed by atoms with Crippen LogP contribution < -0.4 is 5.14 Å². The highest BCUT2D eigenvalue weighted by atomic mass is 32.2. The molecular formula is C16H19NO2S. The lowest BCUT2D eigenvalue weighted by molar-refractivity contribution is 0.592. The van der Waals surface area contributed by atoms with E-state index in [-0.39, 0.29) is 4.90 Å². The summed E-state index contributed by atoms with van der Waals surface area (Å²) in [4.78, 5) is 0.250. The average Bonchev–Trinajstić information content (AvgIpc) is 2.37. The first-order valence-corrected chi connectivity index (χ1v) is 8.14. The van der Waals surface area contributed by atoms with Crippen molar-refractivity contribution >= 4 is 10.0 Å². The number of sulfonamides is 1. The van der Waals surface area contributed by atoms with Crippen molar-refractivity contribution in [2.75, 3.05) is 0 Å². The van der Waals surface area contributed by atoms with Gasteiger partial charge in [-0.1, -0.05) is 62.4 Å². The summed E-state index contributed by atoms with van der Waals surface area (Å²) in [5, 5.41) is 5.44. The van der Waals surface area contributed by atoms with Crippen LogP contribution in [-0.2, 0) is 16.4 Å². The lowest BCUT2D eigenvalue weighted by Gasteiger charge is -2.14. The summed E-state index contributed by atoms with van der Waals surface area (Å²) < 4.78 is 24.0. The molecule has 0 amide bonds. The van der Waals surface area contributed by atoms with Crippen LogP contribution in [0.5, 0.6) is 0 Å². The van der Waals surface area contributed by atoms with Crippen LogP contribution in [0.4, 0.5) is 0 Å². The molecule has 0 aromatic heterocycles. The van der Waals surface area contributed by atoms with Crippen molar-refractivity contribution in [3.8, 4) is 11.1 Å². The monoisotopic (exact) mass is 289 g/mol. The number of hydrogen-bond acceptors (Lipinski definition) is 2. The van der Waals surface area contributed by atoms with Gasteiger partial charge in [0.25, 0.3) is 0 Å². The van der Waals surface area contributed by atoms with Gasteiger partial charge in [-0.05, 0) is 23.5 Å². The summed E-state index contributed by atoms with van der Waals surface area (Å²) in [7, 11) is -3.76. The molecule has 0 saturated carbocycles. The standard InChI is InChI=1S/C16H19NO2S/c1-12(2)11-14-9-6-10-15(16(14)20(17,18)19)13-7-4-3-5-8-13/h3-10,12H,11H2,1-2H3,(H2,17,18,19). The zero-order chi connectivity index (χ0) is 14.8. The van der Waals surface area contributed by atoms with E-state index in [0.29, 0.717) is 17.9 Å². The third-order valence-corrected chi connectivity index (χ3v) is 4.15. The topological polar surface area (TPSA) is 60.2 Å². The van der Waals surface area contributed by atoms with E-state index in [2.05, 4.69) is 13.8 Å². The number of benzene rings is 2. The first-order chi connectivity index (χ1) is 9.39. The maximum atomic E-state index is 12.0. The van der Waals surface area contributed by atoms with Crippen molar-refractivity contribution in [3.05, 3.63) is 54.1 Å². The average molecular weight is 289 g/mol. The van der Waals surface area contributed by atoms with E-state index in [4.69, 9.17) is 5.14 Å². The molecule has 2 aromatic rings. The Morgan fingerprint density at radius 3 is 2.20 bits per heavy atom. The van der Waals surface area contributed by atoms with Gasteiger partial charge in [-0.3, -0.25) is 0 Å². The predicted molar refractivity (Wildman–Crippen MR) is 81.8 cm³/mol. The molecule has 0 aliphatic rings. The molecule has 0 aliphatic heterocycles. The highest BCUT2D eigenvalue weighted by Gasteiger charge is 2.20. The van der Waals surface area contributed by atoms with Gasteiger partial charge < -0.3 is 0 Å². The van der Waals surface area contributed by atoms with Gasteiger partial charge in [-0.2, -0.15) is 0 Å². The Labute approximate surface area is 120 Å². The second-order valence-corrected chi connectivity index (χ2v) is 6.80. The van der Waals surface area contributed by atoms with Gasteiger partial charge in [0.15, 0.2) is 0 Å². The predicted octanol–water partition coefficient (Wildman–Crippen LogP) is 3.20. The fourth-order valence-electron chi connectivity index (χ4n) is 2.37. The summed E-state index contributed by atoms with van der Waals surface area (Å²) in [6.45, 7) is 4.12. The fraction of sp³-hybridized carbons (Fsp3) is 0.250. The molecular weight excluding hydrogens is 270 g/mol. The smallest absolute Gasteiger partial charge is 0.225 e. The zero-order valence-electron chi connectivity index (χ0n) is 11.7. The second kappa shape index (κ2) is 5.77. The molecule has 2 aromatic carbocycles. The summed E-state index contributed by atoms with van der Waals surface area (Å²) in [5.41, 5.74) is 2.32. The van der Waals surface area contributed by atoms with E-state index in [1.54, 1.807) is 6.07 Å². The first-order valence-electron chi connectivity index (χ1n) is 6.59. The fourth-order valence-corrected chi connectivity index (χ4v) is 3.38. The van der Waals surface area contributed by atoms with E-state index in [1.807, 2.05) is 42.5 Å². The van der Waals surface area contributed by atoms with Gasteiger partial charge >= 0.3 is 0 Å². The minimum Gasteiger partial charge on any atom is -0.225 e. The Balaban J connectivity index is 2.70. The normalized spacial score (nSPS) is 11.8. The number of primary sulfonamides is 1. The van der Waals surface area contributed by atoms with Crippen LogP contribution in [0.2, 0.25) is 0 Å². The minimum atomic E-state index is -3.76. The van der Waals surface area contributed by atoms with Crippen molar-refractivity contribution < 1.29 is 8.42 Å². The van der Waals surface area contributed by atoms with Gasteiger partial charge in [0.1, 0.15) is 0 Å². The third kappa shape index (κ3) is 3.26. The summed E-state index contributed by atoms with van der Waals surface area (Å²) in [6.07, 6.45) is 0.687. The van der Waals surface area contributed by atoms with Gasteiger partial charge in [-0.15, -0.1) is 0 Å². The quantitative estimate of drug-likeness (QED) is 0.939. The Hall–Kier alpha value is -1.65. The van der Waals surface area contributed by atoms with Crippen LogP contribution in [0.25, 0.3) is 11.1 Å². The Morgan fingerprint density at radius 2 is 1.65 bits per heavy atom. The lowest BCUT2D eigenvalue weighted by Crippen LogP contribution is -2.16. The molecule has 0 saturated heterocycles. The molecule has 2 rings (SSSR count). The van der Waals surface area contributed by atoms with E-state index in [1.165, 1.54) is 0 Å². The van der Waals surface area contributed by atoms with Crippen molar-refractivity contribution in [2.45, 2.75) is 25.2 Å². The highest BCUT2D eigenvalue weighted by Crippen LogP contribution is 2.30. The van der Waals surface area contributed by atoms with Crippen LogP contribution >= 0.6 is 0 Å². The first kappa shape index (κ1) is 14.8. The Kier molecular flexibility index (Phi) is 4.26. The molecule has 0 fully saturated rings. The second-order valence-electron chi connectivity index (χ2n) is 5.30. The maximum absolute atomic E-state index is 12.0. The molecule has 4 heteroatoms. The maximum Gasteiger partial charge on any atom is 0.238 e. The largest absolute Gasteiger partial charge is 0.238 e. The van der Waals surface area contributed by atoms with Gasteiger partial charge in [-0.25, -0.2) is 13.6 Å². The molecule has 0 heterocycles. The van der Waals surface area contributed by atoms with Crippen LogP contribution in [0.3, 0.4) is 0 Å². The molecule has 0 spiro atoms. The molecule has 2 N–H and O–H groups in total. The third-order valence-electron chi connectivity index (χ3n) is 3.09. The van der Waals surface area contributed by atoms with E-state index in [9.17, 15) is 8.42 Å². The van der Waals surface area contributed by atoms with Crippen molar-refractivity contribution in [2.24, 2.45) is 11.1 Å². The highest BCUT2D eigenvalue weighted by molar-refractivity contribution is 7.89. The SMILES string of the molecule is CC(C)Cc1cccc(-c2ccccc2)c1S(N)(=O)=O. The minimum absolute atomic E-state index is 0.250. The Bertz CT molecular complexity index is 692. The van der Waals surface area contributed by atoms with E-state index in [0.717, 1.165) is 11.1 Å². The molecule has 0 atom stereocenters. The van der Waals surface area contributed by atoms with Crippen LogP contribution in [0.15, 0.2) is 53.4 Å². The molecule has 0 bridgehead atoms. The van der Waals surface area contributed by atoms with Crippen molar-refractivity contribution in [1.29, 1.82) is 0 Å². The zero-order valence-corrected chi connectivity index (χ0v) is 12.5. The molecule has 106 valence electrons. The molecule has 20 heavy (non-hydrogen) atoms. The number of rotatable bonds is 4.